The number of benzene rings is 4. The van der Waals surface area contributed by atoms with Crippen LogP contribution in [0.15, 0.2) is 87.2 Å². The molecule has 5 rings (SSSR count). The molecule has 4 aromatic carbocycles. The van der Waals surface area contributed by atoms with Crippen LogP contribution in [0.1, 0.15) is 47.6 Å². The predicted molar refractivity (Wildman–Crippen MR) is 174 cm³/mol. The van der Waals surface area contributed by atoms with Crippen molar-refractivity contribution in [2.24, 2.45) is 5.10 Å². The Labute approximate surface area is 263 Å². The molecule has 0 atom stereocenters. The maximum absolute atomic E-state index is 13.8. The zero-order chi connectivity index (χ0) is 30.7. The summed E-state index contributed by atoms with van der Waals surface area (Å²) >= 11 is 10.2. The highest BCUT2D eigenvalue weighted by Crippen LogP contribution is 2.36. The van der Waals surface area contributed by atoms with Crippen molar-refractivity contribution in [3.63, 3.8) is 0 Å². The monoisotopic (exact) mass is 654 g/mol. The van der Waals surface area contributed by atoms with Crippen LogP contribution in [0.2, 0.25) is 5.02 Å². The number of rotatable bonds is 8. The molecule has 0 N–H and O–H groups in total. The number of fused-ring (bicyclic) bond motifs is 1. The van der Waals surface area contributed by atoms with Gasteiger partial charge in [-0.15, -0.1) is 0 Å². The van der Waals surface area contributed by atoms with Crippen molar-refractivity contribution < 1.29 is 9.47 Å². The molecule has 1 aromatic heterocycles. The number of aryl methyl sites for hydroxylation is 1. The Bertz CT molecular complexity index is 1950. The first-order valence-electron chi connectivity index (χ1n) is 13.6. The zero-order valence-electron chi connectivity index (χ0n) is 24.1. The SMILES string of the molecule is COc1cc(C)c(-c2nc3ccccc3c(=O)n2N=Cc2cc(Cl)c(OCc3ccccc3C#N)c(Br)c2)cc1C(C)C. The van der Waals surface area contributed by atoms with Crippen LogP contribution in [0.3, 0.4) is 0 Å². The number of aromatic nitrogens is 2. The van der Waals surface area contributed by atoms with Crippen LogP contribution < -0.4 is 15.0 Å². The van der Waals surface area contributed by atoms with Crippen molar-refractivity contribution in [1.82, 2.24) is 9.66 Å². The molecule has 0 saturated heterocycles. The maximum Gasteiger partial charge on any atom is 0.282 e. The second-order valence-corrected chi connectivity index (χ2v) is 11.5. The van der Waals surface area contributed by atoms with Crippen LogP contribution in [0.5, 0.6) is 11.5 Å². The summed E-state index contributed by atoms with van der Waals surface area (Å²) in [4.78, 5) is 18.6. The zero-order valence-corrected chi connectivity index (χ0v) is 26.4. The van der Waals surface area contributed by atoms with Crippen LogP contribution in [0.25, 0.3) is 22.3 Å². The minimum atomic E-state index is -0.292. The fourth-order valence-electron chi connectivity index (χ4n) is 4.79. The highest BCUT2D eigenvalue weighted by Gasteiger charge is 2.18. The first kappa shape index (κ1) is 30.0. The molecule has 5 aromatic rings. The molecule has 0 aliphatic heterocycles. The standard InChI is InChI=1S/C34H28BrClN4O3/c1-20(2)26-16-27(21(3)13-31(26)42-4)33-39-30-12-8-7-11-25(30)34(41)40(33)38-18-22-14-28(35)32(29(36)15-22)43-19-24-10-6-5-9-23(24)17-37/h5-16,18,20H,19H2,1-4H3. The third kappa shape index (κ3) is 6.19. The van der Waals surface area contributed by atoms with Gasteiger partial charge in [-0.3, -0.25) is 4.79 Å². The van der Waals surface area contributed by atoms with Crippen molar-refractivity contribution in [3.05, 3.63) is 120 Å². The van der Waals surface area contributed by atoms with Crippen LogP contribution >= 0.6 is 27.5 Å². The van der Waals surface area contributed by atoms with Crippen LogP contribution in [-0.2, 0) is 6.61 Å². The molecule has 7 nitrogen and oxygen atoms in total. The van der Waals surface area contributed by atoms with E-state index in [1.54, 1.807) is 49.7 Å². The van der Waals surface area contributed by atoms with E-state index < -0.39 is 0 Å². The molecular formula is C34H28BrClN4O3. The van der Waals surface area contributed by atoms with Gasteiger partial charge in [0.15, 0.2) is 11.6 Å². The number of ether oxygens (including phenoxy) is 2. The lowest BCUT2D eigenvalue weighted by Crippen LogP contribution is -2.20. The molecule has 1 heterocycles. The molecule has 43 heavy (non-hydrogen) atoms. The number of para-hydroxylation sites is 1. The van der Waals surface area contributed by atoms with Gasteiger partial charge in [0.1, 0.15) is 12.4 Å². The van der Waals surface area contributed by atoms with Crippen molar-refractivity contribution in [3.8, 4) is 29.0 Å². The average Bonchev–Trinajstić information content (AvgIpc) is 3.00. The summed E-state index contributed by atoms with van der Waals surface area (Å²) in [6, 6.07) is 24.1. The molecular weight excluding hydrogens is 628 g/mol. The summed E-state index contributed by atoms with van der Waals surface area (Å²) in [7, 11) is 1.65. The molecule has 0 amide bonds. The third-order valence-corrected chi connectivity index (χ3v) is 7.92. The minimum Gasteiger partial charge on any atom is -0.496 e. The number of hydrogen-bond donors (Lipinski definition) is 0. The number of nitrogens with zero attached hydrogens (tertiary/aromatic N) is 4. The molecule has 0 radical (unpaired) electrons. The number of nitriles is 1. The summed E-state index contributed by atoms with van der Waals surface area (Å²) in [5.41, 5.74) is 4.91. The normalized spacial score (nSPS) is 11.3. The summed E-state index contributed by atoms with van der Waals surface area (Å²) in [6.45, 7) is 6.32. The topological polar surface area (TPSA) is 89.5 Å². The van der Waals surface area contributed by atoms with E-state index in [1.807, 2.05) is 43.3 Å². The van der Waals surface area contributed by atoms with Gasteiger partial charge in [-0.1, -0.05) is 55.8 Å². The van der Waals surface area contributed by atoms with Gasteiger partial charge >= 0.3 is 0 Å². The Kier molecular flexibility index (Phi) is 8.95. The summed E-state index contributed by atoms with van der Waals surface area (Å²) in [5.74, 6) is 1.83. The molecule has 0 unspecified atom stereocenters. The van der Waals surface area contributed by atoms with Gasteiger partial charge in [0.2, 0.25) is 0 Å². The molecule has 0 aliphatic carbocycles. The van der Waals surface area contributed by atoms with E-state index in [0.29, 0.717) is 43.1 Å². The smallest absolute Gasteiger partial charge is 0.282 e. The van der Waals surface area contributed by atoms with Crippen LogP contribution in [-0.4, -0.2) is 23.0 Å². The molecule has 0 fully saturated rings. The highest BCUT2D eigenvalue weighted by molar-refractivity contribution is 9.10. The van der Waals surface area contributed by atoms with Crippen molar-refractivity contribution in [1.29, 1.82) is 5.26 Å². The van der Waals surface area contributed by atoms with E-state index in [0.717, 1.165) is 28.0 Å². The van der Waals surface area contributed by atoms with Gasteiger partial charge in [0, 0.05) is 11.1 Å². The number of hydrogen-bond acceptors (Lipinski definition) is 6. The van der Waals surface area contributed by atoms with Gasteiger partial charge in [-0.2, -0.15) is 15.0 Å². The Morgan fingerprint density at radius 2 is 1.86 bits per heavy atom. The molecule has 0 aliphatic rings. The second kappa shape index (κ2) is 12.8. The van der Waals surface area contributed by atoms with Gasteiger partial charge in [0.25, 0.3) is 5.56 Å². The van der Waals surface area contributed by atoms with Gasteiger partial charge in [-0.05, 0) is 87.9 Å². The van der Waals surface area contributed by atoms with E-state index in [9.17, 15) is 10.1 Å². The van der Waals surface area contributed by atoms with E-state index in [1.165, 1.54) is 4.68 Å². The van der Waals surface area contributed by atoms with E-state index >= 15 is 0 Å². The molecule has 0 bridgehead atoms. The van der Waals surface area contributed by atoms with Crippen LogP contribution in [0, 0.1) is 18.3 Å². The lowest BCUT2D eigenvalue weighted by atomic mass is 9.96. The Balaban J connectivity index is 1.57. The first-order valence-corrected chi connectivity index (χ1v) is 14.7. The predicted octanol–water partition coefficient (Wildman–Crippen LogP) is 8.25. The van der Waals surface area contributed by atoms with E-state index in [4.69, 9.17) is 26.1 Å². The Morgan fingerprint density at radius 1 is 1.12 bits per heavy atom. The maximum atomic E-state index is 13.8. The van der Waals surface area contributed by atoms with Crippen LogP contribution in [0.4, 0.5) is 0 Å². The fourth-order valence-corrected chi connectivity index (χ4v) is 5.78. The lowest BCUT2D eigenvalue weighted by molar-refractivity contribution is 0.304. The average molecular weight is 656 g/mol. The molecule has 0 spiro atoms. The second-order valence-electron chi connectivity index (χ2n) is 10.2. The molecule has 9 heteroatoms. The summed E-state index contributed by atoms with van der Waals surface area (Å²) in [5, 5.41) is 14.8. The molecule has 0 saturated carbocycles. The highest BCUT2D eigenvalue weighted by atomic mass is 79.9. The van der Waals surface area contributed by atoms with Crippen molar-refractivity contribution >= 4 is 44.6 Å². The third-order valence-electron chi connectivity index (χ3n) is 7.05. The quantitative estimate of drug-likeness (QED) is 0.157. The van der Waals surface area contributed by atoms with E-state index in [2.05, 4.69) is 40.9 Å². The van der Waals surface area contributed by atoms with Crippen molar-refractivity contribution in [2.75, 3.05) is 7.11 Å². The van der Waals surface area contributed by atoms with E-state index in [-0.39, 0.29) is 18.1 Å². The number of methoxy groups -OCH3 is 1. The van der Waals surface area contributed by atoms with Gasteiger partial charge < -0.3 is 9.47 Å². The number of halogens is 2. The molecule has 216 valence electrons. The largest absolute Gasteiger partial charge is 0.496 e. The Hall–Kier alpha value is -4.45. The van der Waals surface area contributed by atoms with Gasteiger partial charge in [-0.25, -0.2) is 4.98 Å². The van der Waals surface area contributed by atoms with Gasteiger partial charge in [0.05, 0.1) is 45.4 Å². The summed E-state index contributed by atoms with van der Waals surface area (Å²) in [6.07, 6.45) is 1.56. The van der Waals surface area contributed by atoms with Crippen molar-refractivity contribution in [2.45, 2.75) is 33.3 Å². The first-order chi connectivity index (χ1) is 20.7. The minimum absolute atomic E-state index is 0.177. The lowest BCUT2D eigenvalue weighted by Gasteiger charge is -2.17. The fraction of sp³-hybridized carbons (Fsp3) is 0.176. The summed E-state index contributed by atoms with van der Waals surface area (Å²) < 4.78 is 13.5. The Morgan fingerprint density at radius 3 is 2.58 bits per heavy atom.